The van der Waals surface area contributed by atoms with E-state index in [0.717, 1.165) is 37.4 Å². The molecule has 0 spiro atoms. The Morgan fingerprint density at radius 2 is 2.53 bits per heavy atom. The first kappa shape index (κ1) is 12.3. The van der Waals surface area contributed by atoms with Crippen molar-refractivity contribution in [1.29, 1.82) is 0 Å². The Hall–Kier alpha value is -1.14. The Morgan fingerprint density at radius 1 is 1.71 bits per heavy atom. The standard InChI is InChI=1S/C11H18N4OS/c1-8-10(7-15(2)14-8)13-11(17)12-6-9-4-3-5-16-9/h7,9H,3-6H2,1-2H3,(H2,12,13,17). The van der Waals surface area contributed by atoms with Crippen molar-refractivity contribution < 1.29 is 4.74 Å². The van der Waals surface area contributed by atoms with Crippen LogP contribution in [0, 0.1) is 6.92 Å². The van der Waals surface area contributed by atoms with Crippen molar-refractivity contribution in [3.8, 4) is 0 Å². The van der Waals surface area contributed by atoms with Gasteiger partial charge in [-0.25, -0.2) is 0 Å². The molecule has 1 saturated heterocycles. The molecule has 1 aliphatic rings. The Kier molecular flexibility index (Phi) is 3.96. The van der Waals surface area contributed by atoms with Crippen molar-refractivity contribution in [1.82, 2.24) is 15.1 Å². The van der Waals surface area contributed by atoms with Crippen LogP contribution in [0.5, 0.6) is 0 Å². The average molecular weight is 254 g/mol. The average Bonchev–Trinajstić information content (AvgIpc) is 2.87. The van der Waals surface area contributed by atoms with Crippen LogP contribution >= 0.6 is 12.2 Å². The monoisotopic (exact) mass is 254 g/mol. The first-order valence-electron chi connectivity index (χ1n) is 5.82. The van der Waals surface area contributed by atoms with Gasteiger partial charge in [-0.3, -0.25) is 4.68 Å². The number of aryl methyl sites for hydroxylation is 2. The van der Waals surface area contributed by atoms with Gasteiger partial charge in [0.25, 0.3) is 0 Å². The Morgan fingerprint density at radius 3 is 3.12 bits per heavy atom. The van der Waals surface area contributed by atoms with Gasteiger partial charge in [-0.15, -0.1) is 0 Å². The minimum absolute atomic E-state index is 0.296. The molecular weight excluding hydrogens is 236 g/mol. The SMILES string of the molecule is Cc1nn(C)cc1NC(=S)NCC1CCCO1. The van der Waals surface area contributed by atoms with E-state index in [1.165, 1.54) is 0 Å². The van der Waals surface area contributed by atoms with E-state index >= 15 is 0 Å². The zero-order valence-electron chi connectivity index (χ0n) is 10.2. The third-order valence-electron chi connectivity index (χ3n) is 2.78. The van der Waals surface area contributed by atoms with Crippen LogP contribution in [0.3, 0.4) is 0 Å². The van der Waals surface area contributed by atoms with E-state index < -0.39 is 0 Å². The second kappa shape index (κ2) is 5.46. The summed E-state index contributed by atoms with van der Waals surface area (Å²) in [7, 11) is 1.89. The van der Waals surface area contributed by atoms with Crippen molar-refractivity contribution >= 4 is 23.0 Å². The summed E-state index contributed by atoms with van der Waals surface area (Å²) in [5, 5.41) is 11.2. The van der Waals surface area contributed by atoms with Gasteiger partial charge >= 0.3 is 0 Å². The maximum atomic E-state index is 5.52. The lowest BCUT2D eigenvalue weighted by molar-refractivity contribution is 0.114. The van der Waals surface area contributed by atoms with Gasteiger partial charge in [0.05, 0.1) is 17.5 Å². The molecule has 0 saturated carbocycles. The van der Waals surface area contributed by atoms with Crippen LogP contribution in [0.1, 0.15) is 18.5 Å². The summed E-state index contributed by atoms with van der Waals surface area (Å²) in [5.41, 5.74) is 1.88. The largest absolute Gasteiger partial charge is 0.376 e. The van der Waals surface area contributed by atoms with E-state index in [1.807, 2.05) is 20.2 Å². The van der Waals surface area contributed by atoms with Gasteiger partial charge in [-0.2, -0.15) is 5.10 Å². The Labute approximate surface area is 107 Å². The van der Waals surface area contributed by atoms with Crippen LogP contribution in [-0.2, 0) is 11.8 Å². The highest BCUT2D eigenvalue weighted by atomic mass is 32.1. The number of rotatable bonds is 3. The molecule has 1 unspecified atom stereocenters. The lowest BCUT2D eigenvalue weighted by Crippen LogP contribution is -2.34. The quantitative estimate of drug-likeness (QED) is 0.794. The number of nitrogens with zero attached hydrogens (tertiary/aromatic N) is 2. The molecule has 1 atom stereocenters. The van der Waals surface area contributed by atoms with Crippen LogP contribution in [0.15, 0.2) is 6.20 Å². The van der Waals surface area contributed by atoms with E-state index in [1.54, 1.807) is 4.68 Å². The highest BCUT2D eigenvalue weighted by molar-refractivity contribution is 7.80. The zero-order valence-corrected chi connectivity index (χ0v) is 11.0. The summed E-state index contributed by atoms with van der Waals surface area (Å²) in [6.45, 7) is 3.59. The minimum atomic E-state index is 0.296. The smallest absolute Gasteiger partial charge is 0.170 e. The first-order chi connectivity index (χ1) is 8.15. The van der Waals surface area contributed by atoms with Gasteiger partial charge in [0.1, 0.15) is 0 Å². The third kappa shape index (κ3) is 3.41. The van der Waals surface area contributed by atoms with Crippen LogP contribution in [0.25, 0.3) is 0 Å². The van der Waals surface area contributed by atoms with Crippen molar-refractivity contribution in [2.45, 2.75) is 25.9 Å². The lowest BCUT2D eigenvalue weighted by Gasteiger charge is -2.13. The predicted molar refractivity (Wildman–Crippen MR) is 71.1 cm³/mol. The second-order valence-electron chi connectivity index (χ2n) is 4.27. The van der Waals surface area contributed by atoms with E-state index in [-0.39, 0.29) is 0 Å². The number of hydrogen-bond donors (Lipinski definition) is 2. The molecule has 0 bridgehead atoms. The zero-order chi connectivity index (χ0) is 12.3. The lowest BCUT2D eigenvalue weighted by atomic mass is 10.2. The van der Waals surface area contributed by atoms with E-state index in [2.05, 4.69) is 15.7 Å². The summed E-state index contributed by atoms with van der Waals surface area (Å²) in [5.74, 6) is 0. The number of anilines is 1. The van der Waals surface area contributed by atoms with Gasteiger partial charge < -0.3 is 15.4 Å². The van der Waals surface area contributed by atoms with E-state index in [9.17, 15) is 0 Å². The summed E-state index contributed by atoms with van der Waals surface area (Å²) < 4.78 is 7.28. The maximum absolute atomic E-state index is 5.52. The Balaban J connectivity index is 1.78. The number of aromatic nitrogens is 2. The summed E-state index contributed by atoms with van der Waals surface area (Å²) >= 11 is 5.22. The van der Waals surface area contributed by atoms with E-state index in [0.29, 0.717) is 11.2 Å². The normalized spacial score (nSPS) is 19.3. The molecule has 94 valence electrons. The predicted octanol–water partition coefficient (Wildman–Crippen LogP) is 1.19. The highest BCUT2D eigenvalue weighted by Crippen LogP contribution is 2.12. The first-order valence-corrected chi connectivity index (χ1v) is 6.22. The van der Waals surface area contributed by atoms with Crippen LogP contribution in [0.4, 0.5) is 5.69 Å². The fourth-order valence-electron chi connectivity index (χ4n) is 1.90. The molecule has 2 heterocycles. The molecule has 1 aliphatic heterocycles. The van der Waals surface area contributed by atoms with Gasteiger partial charge in [0.15, 0.2) is 5.11 Å². The molecule has 1 aromatic heterocycles. The molecule has 2 rings (SSSR count). The summed E-state index contributed by atoms with van der Waals surface area (Å²) in [6, 6.07) is 0. The molecule has 5 nitrogen and oxygen atoms in total. The number of thiocarbonyl (C=S) groups is 1. The van der Waals surface area contributed by atoms with Crippen molar-refractivity contribution in [2.75, 3.05) is 18.5 Å². The van der Waals surface area contributed by atoms with Crippen LogP contribution in [0.2, 0.25) is 0 Å². The van der Waals surface area contributed by atoms with Crippen LogP contribution < -0.4 is 10.6 Å². The van der Waals surface area contributed by atoms with E-state index in [4.69, 9.17) is 17.0 Å². The topological polar surface area (TPSA) is 51.1 Å². The Bertz CT molecular complexity index is 398. The number of ether oxygens (including phenoxy) is 1. The maximum Gasteiger partial charge on any atom is 0.170 e. The minimum Gasteiger partial charge on any atom is -0.376 e. The molecule has 1 fully saturated rings. The fourth-order valence-corrected chi connectivity index (χ4v) is 2.09. The summed E-state index contributed by atoms with van der Waals surface area (Å²) in [6.07, 6.45) is 4.47. The third-order valence-corrected chi connectivity index (χ3v) is 3.02. The van der Waals surface area contributed by atoms with Crippen molar-refractivity contribution in [3.63, 3.8) is 0 Å². The molecular formula is C11H18N4OS. The van der Waals surface area contributed by atoms with Gasteiger partial charge in [-0.05, 0) is 32.0 Å². The molecule has 17 heavy (non-hydrogen) atoms. The molecule has 0 radical (unpaired) electrons. The molecule has 2 N–H and O–H groups in total. The van der Waals surface area contributed by atoms with Gasteiger partial charge in [0.2, 0.25) is 0 Å². The number of nitrogens with one attached hydrogen (secondary N) is 2. The molecule has 6 heteroatoms. The molecule has 0 aliphatic carbocycles. The fraction of sp³-hybridized carbons (Fsp3) is 0.636. The molecule has 0 amide bonds. The summed E-state index contributed by atoms with van der Waals surface area (Å²) in [4.78, 5) is 0. The molecule has 0 aromatic carbocycles. The molecule has 1 aromatic rings. The second-order valence-corrected chi connectivity index (χ2v) is 4.68. The van der Waals surface area contributed by atoms with Crippen LogP contribution in [-0.4, -0.2) is 34.1 Å². The van der Waals surface area contributed by atoms with Gasteiger partial charge in [-0.1, -0.05) is 0 Å². The van der Waals surface area contributed by atoms with Gasteiger partial charge in [0, 0.05) is 26.4 Å². The number of hydrogen-bond acceptors (Lipinski definition) is 3. The van der Waals surface area contributed by atoms with Crippen molar-refractivity contribution in [2.24, 2.45) is 7.05 Å². The highest BCUT2D eigenvalue weighted by Gasteiger charge is 2.15. The van der Waals surface area contributed by atoms with Crippen molar-refractivity contribution in [3.05, 3.63) is 11.9 Å².